The number of primary amides is 2. The van der Waals surface area contributed by atoms with Gasteiger partial charge in [0.2, 0.25) is 0 Å². The largest absolute Gasteiger partial charge is 0.397 e. The fourth-order valence-corrected chi connectivity index (χ4v) is 1.37. The maximum atomic E-state index is 11.1. The molecule has 18 heavy (non-hydrogen) atoms. The molecule has 0 unspecified atom stereocenters. The minimum atomic E-state index is -0.668. The van der Waals surface area contributed by atoms with Crippen LogP contribution >= 0.6 is 0 Å². The second kappa shape index (κ2) is 4.17. The lowest BCUT2D eigenvalue weighted by atomic mass is 10.2. The van der Waals surface area contributed by atoms with Crippen molar-refractivity contribution in [3.8, 4) is 5.82 Å². The smallest absolute Gasteiger partial charge is 0.251 e. The van der Waals surface area contributed by atoms with Gasteiger partial charge in [-0.2, -0.15) is 5.10 Å². The Kier molecular flexibility index (Phi) is 2.68. The van der Waals surface area contributed by atoms with Gasteiger partial charge in [0.25, 0.3) is 11.8 Å². The van der Waals surface area contributed by atoms with Gasteiger partial charge in [-0.25, -0.2) is 9.67 Å². The molecule has 0 radical (unpaired) electrons. The molecule has 0 spiro atoms. The molecule has 0 saturated heterocycles. The minimum Gasteiger partial charge on any atom is -0.397 e. The highest BCUT2D eigenvalue weighted by Gasteiger charge is 2.11. The van der Waals surface area contributed by atoms with Gasteiger partial charge in [0.15, 0.2) is 5.82 Å². The third-order valence-corrected chi connectivity index (χ3v) is 2.29. The summed E-state index contributed by atoms with van der Waals surface area (Å²) >= 11 is 0. The van der Waals surface area contributed by atoms with Crippen molar-refractivity contribution in [3.63, 3.8) is 0 Å². The van der Waals surface area contributed by atoms with Crippen LogP contribution in [0.5, 0.6) is 0 Å². The number of nitrogens with two attached hydrogens (primary N) is 3. The summed E-state index contributed by atoms with van der Waals surface area (Å²) in [6.07, 6.45) is 3.98. The summed E-state index contributed by atoms with van der Waals surface area (Å²) < 4.78 is 1.30. The third kappa shape index (κ3) is 1.98. The Labute approximate surface area is 101 Å². The number of hydrogen-bond donors (Lipinski definition) is 3. The number of nitrogens with zero attached hydrogens (tertiary/aromatic N) is 3. The normalized spacial score (nSPS) is 10.2. The summed E-state index contributed by atoms with van der Waals surface area (Å²) in [5, 5.41) is 3.90. The van der Waals surface area contributed by atoms with E-state index in [2.05, 4.69) is 10.1 Å². The van der Waals surface area contributed by atoms with Gasteiger partial charge in [-0.1, -0.05) is 0 Å². The van der Waals surface area contributed by atoms with Gasteiger partial charge >= 0.3 is 0 Å². The summed E-state index contributed by atoms with van der Waals surface area (Å²) in [7, 11) is 0. The number of aromatic nitrogens is 3. The quantitative estimate of drug-likeness (QED) is 0.639. The van der Waals surface area contributed by atoms with Gasteiger partial charge in [0, 0.05) is 6.20 Å². The molecule has 6 N–H and O–H groups in total. The summed E-state index contributed by atoms with van der Waals surface area (Å²) in [6.45, 7) is 0. The van der Waals surface area contributed by atoms with Crippen LogP contribution in [0.3, 0.4) is 0 Å². The van der Waals surface area contributed by atoms with Crippen LogP contribution in [0.4, 0.5) is 5.69 Å². The molecule has 0 bridgehead atoms. The predicted octanol–water partition coefficient (Wildman–Crippen LogP) is -0.953. The molecule has 0 aromatic carbocycles. The molecule has 0 atom stereocenters. The van der Waals surface area contributed by atoms with E-state index in [1.807, 2.05) is 0 Å². The Morgan fingerprint density at radius 2 is 1.89 bits per heavy atom. The molecule has 0 saturated carbocycles. The maximum Gasteiger partial charge on any atom is 0.251 e. The Morgan fingerprint density at radius 1 is 1.17 bits per heavy atom. The highest BCUT2D eigenvalue weighted by molar-refractivity contribution is 5.98. The van der Waals surface area contributed by atoms with E-state index in [1.165, 1.54) is 29.3 Å². The Balaban J connectivity index is 2.47. The summed E-state index contributed by atoms with van der Waals surface area (Å²) in [5.74, 6) is -0.962. The Bertz CT molecular complexity index is 633. The SMILES string of the molecule is NC(=O)c1cnn(-c2cc(C(N)=O)c(N)cn2)c1. The lowest BCUT2D eigenvalue weighted by Gasteiger charge is -2.04. The van der Waals surface area contributed by atoms with E-state index in [-0.39, 0.29) is 16.8 Å². The van der Waals surface area contributed by atoms with Gasteiger partial charge < -0.3 is 17.2 Å². The summed E-state index contributed by atoms with van der Waals surface area (Å²) in [4.78, 5) is 26.0. The average molecular weight is 246 g/mol. The van der Waals surface area contributed by atoms with Gasteiger partial charge in [-0.3, -0.25) is 9.59 Å². The molecule has 8 heteroatoms. The second-order valence-corrected chi connectivity index (χ2v) is 3.53. The first kappa shape index (κ1) is 11.6. The molecule has 0 aliphatic carbocycles. The highest BCUT2D eigenvalue weighted by Crippen LogP contribution is 2.13. The minimum absolute atomic E-state index is 0.135. The molecule has 0 aliphatic rings. The zero-order valence-corrected chi connectivity index (χ0v) is 9.20. The molecule has 2 heterocycles. The first-order valence-electron chi connectivity index (χ1n) is 4.89. The fourth-order valence-electron chi connectivity index (χ4n) is 1.37. The summed E-state index contributed by atoms with van der Waals surface area (Å²) in [6, 6.07) is 1.38. The van der Waals surface area contributed by atoms with E-state index in [0.29, 0.717) is 5.82 Å². The maximum absolute atomic E-state index is 11.1. The van der Waals surface area contributed by atoms with Crippen molar-refractivity contribution >= 4 is 17.5 Å². The van der Waals surface area contributed by atoms with Crippen molar-refractivity contribution in [2.75, 3.05) is 5.73 Å². The van der Waals surface area contributed by atoms with Crippen LogP contribution in [0.2, 0.25) is 0 Å². The summed E-state index contributed by atoms with van der Waals surface area (Å²) in [5.41, 5.74) is 16.4. The molecule has 2 amide bonds. The highest BCUT2D eigenvalue weighted by atomic mass is 16.1. The number of carbonyl (C=O) groups excluding carboxylic acids is 2. The predicted molar refractivity (Wildman–Crippen MR) is 62.8 cm³/mol. The van der Waals surface area contributed by atoms with E-state index in [9.17, 15) is 9.59 Å². The second-order valence-electron chi connectivity index (χ2n) is 3.53. The monoisotopic (exact) mass is 246 g/mol. The van der Waals surface area contributed by atoms with Crippen LogP contribution < -0.4 is 17.2 Å². The van der Waals surface area contributed by atoms with Crippen LogP contribution in [0.15, 0.2) is 24.7 Å². The van der Waals surface area contributed by atoms with Crippen LogP contribution in [0.1, 0.15) is 20.7 Å². The molecule has 2 aromatic heterocycles. The van der Waals surface area contributed by atoms with Crippen molar-refractivity contribution in [1.82, 2.24) is 14.8 Å². The van der Waals surface area contributed by atoms with E-state index in [0.717, 1.165) is 0 Å². The van der Waals surface area contributed by atoms with Crippen LogP contribution in [-0.4, -0.2) is 26.6 Å². The number of anilines is 1. The van der Waals surface area contributed by atoms with Gasteiger partial charge in [-0.05, 0) is 6.07 Å². The number of nitrogen functional groups attached to an aromatic ring is 1. The molecular weight excluding hydrogens is 236 g/mol. The third-order valence-electron chi connectivity index (χ3n) is 2.29. The fraction of sp³-hybridized carbons (Fsp3) is 0. The van der Waals surface area contributed by atoms with Crippen LogP contribution in [0.25, 0.3) is 5.82 Å². The molecule has 0 fully saturated rings. The Morgan fingerprint density at radius 3 is 2.44 bits per heavy atom. The molecule has 2 rings (SSSR count). The van der Waals surface area contributed by atoms with Crippen molar-refractivity contribution < 1.29 is 9.59 Å². The zero-order valence-electron chi connectivity index (χ0n) is 9.20. The van der Waals surface area contributed by atoms with Crippen LogP contribution in [-0.2, 0) is 0 Å². The van der Waals surface area contributed by atoms with E-state index < -0.39 is 11.8 Å². The number of carbonyl (C=O) groups is 2. The number of hydrogen-bond acceptors (Lipinski definition) is 5. The Hall–Kier alpha value is -2.90. The molecular formula is C10H10N6O2. The zero-order chi connectivity index (χ0) is 13.3. The topological polar surface area (TPSA) is 143 Å². The van der Waals surface area contributed by atoms with E-state index in [1.54, 1.807) is 0 Å². The van der Waals surface area contributed by atoms with E-state index >= 15 is 0 Å². The van der Waals surface area contributed by atoms with E-state index in [4.69, 9.17) is 17.2 Å². The van der Waals surface area contributed by atoms with Crippen molar-refractivity contribution in [3.05, 3.63) is 35.8 Å². The van der Waals surface area contributed by atoms with Gasteiger partial charge in [-0.15, -0.1) is 0 Å². The molecule has 92 valence electrons. The average Bonchev–Trinajstić information content (AvgIpc) is 2.78. The molecule has 0 aliphatic heterocycles. The molecule has 2 aromatic rings. The number of rotatable bonds is 3. The number of pyridine rings is 1. The van der Waals surface area contributed by atoms with Crippen LogP contribution in [0, 0.1) is 0 Å². The first-order chi connectivity index (χ1) is 8.49. The molecule has 8 nitrogen and oxygen atoms in total. The van der Waals surface area contributed by atoms with Gasteiger partial charge in [0.05, 0.1) is 29.2 Å². The van der Waals surface area contributed by atoms with Crippen molar-refractivity contribution in [2.24, 2.45) is 11.5 Å². The number of amides is 2. The lowest BCUT2D eigenvalue weighted by molar-refractivity contribution is 0.0992. The standard InChI is InChI=1S/C10H10N6O2/c11-7-3-14-8(1-6(7)10(13)18)16-4-5(2-15-16)9(12)17/h1-4H,11H2,(H2,12,17)(H2,13,18). The first-order valence-corrected chi connectivity index (χ1v) is 4.89. The lowest BCUT2D eigenvalue weighted by Crippen LogP contribution is -2.15. The van der Waals surface area contributed by atoms with Gasteiger partial charge in [0.1, 0.15) is 0 Å². The van der Waals surface area contributed by atoms with Crippen molar-refractivity contribution in [1.29, 1.82) is 0 Å². The van der Waals surface area contributed by atoms with Crippen molar-refractivity contribution in [2.45, 2.75) is 0 Å².